The largest absolute Gasteiger partial charge is 0.472 e. The number of ether oxygens (including phenoxy) is 1. The molecule has 0 fully saturated rings. The Morgan fingerprint density at radius 1 is 0.500 bits per heavy atom. The van der Waals surface area contributed by atoms with E-state index in [0.29, 0.717) is 23.9 Å². The Labute approximate surface area is 434 Å². The van der Waals surface area contributed by atoms with Crippen LogP contribution in [0, 0.1) is 0 Å². The average Bonchev–Trinajstić information content (AvgIpc) is 3.32. The van der Waals surface area contributed by atoms with Gasteiger partial charge in [-0.15, -0.1) is 0 Å². The Morgan fingerprint density at radius 2 is 0.871 bits per heavy atom. The van der Waals surface area contributed by atoms with E-state index in [9.17, 15) is 19.0 Å². The number of nitrogens with one attached hydrogen (secondary N) is 1. The van der Waals surface area contributed by atoms with E-state index in [-0.39, 0.29) is 25.1 Å². The van der Waals surface area contributed by atoms with Gasteiger partial charge in [-0.3, -0.25) is 18.6 Å². The molecule has 0 aromatic carbocycles. The molecule has 0 rings (SSSR count). The van der Waals surface area contributed by atoms with Gasteiger partial charge in [0.05, 0.1) is 33.8 Å². The fraction of sp³-hybridized carbons (Fsp3) is 0.867. The van der Waals surface area contributed by atoms with E-state index in [1.165, 1.54) is 173 Å². The number of phosphoric acid groups is 1. The monoisotopic (exact) mass is 1010 g/mol. The predicted molar refractivity (Wildman–Crippen MR) is 300 cm³/mol. The molecule has 0 saturated carbocycles. The fourth-order valence-electron chi connectivity index (χ4n) is 8.68. The third-order valence-electron chi connectivity index (χ3n) is 13.3. The Balaban J connectivity index is 5.33. The molecule has 3 atom stereocenters. The van der Waals surface area contributed by atoms with Crippen molar-refractivity contribution in [2.24, 2.45) is 0 Å². The van der Waals surface area contributed by atoms with E-state index < -0.39 is 20.0 Å². The van der Waals surface area contributed by atoms with Gasteiger partial charge in [-0.2, -0.15) is 0 Å². The zero-order valence-electron chi connectivity index (χ0n) is 47.0. The molecule has 0 spiro atoms. The second-order valence-corrected chi connectivity index (χ2v) is 23.0. The summed E-state index contributed by atoms with van der Waals surface area (Å²) in [7, 11) is 1.50. The number of likely N-dealkylation sites (N-methyl/N-ethyl adjacent to an activating group) is 1. The highest BCUT2D eigenvalue weighted by molar-refractivity contribution is 7.47. The van der Waals surface area contributed by atoms with Crippen molar-refractivity contribution in [3.05, 3.63) is 36.5 Å². The summed E-state index contributed by atoms with van der Waals surface area (Å²) in [5.74, 6) is -0.503. The van der Waals surface area contributed by atoms with Crippen molar-refractivity contribution in [1.82, 2.24) is 5.32 Å². The van der Waals surface area contributed by atoms with Crippen LogP contribution in [0.2, 0.25) is 0 Å². The summed E-state index contributed by atoms with van der Waals surface area (Å²) in [5.41, 5.74) is 0. The van der Waals surface area contributed by atoms with Crippen molar-refractivity contribution in [2.45, 2.75) is 296 Å². The molecule has 0 aliphatic rings. The van der Waals surface area contributed by atoms with Gasteiger partial charge in [-0.05, 0) is 63.9 Å². The molecule has 0 bridgehead atoms. The van der Waals surface area contributed by atoms with Crippen LogP contribution in [0.3, 0.4) is 0 Å². The number of hydrogen-bond acceptors (Lipinski definition) is 6. The maximum absolute atomic E-state index is 13.5. The number of phosphoric ester groups is 1. The van der Waals surface area contributed by atoms with Crippen molar-refractivity contribution in [3.63, 3.8) is 0 Å². The minimum Gasteiger partial charge on any atom is -0.456 e. The molecule has 0 radical (unpaired) electrons. The highest BCUT2D eigenvalue weighted by Crippen LogP contribution is 2.43. The first-order chi connectivity index (χ1) is 33.9. The molecule has 0 aromatic heterocycles. The number of carbonyl (C=O) groups excluding carboxylic acids is 2. The number of quaternary nitrogens is 1. The van der Waals surface area contributed by atoms with Gasteiger partial charge in [0.2, 0.25) is 5.91 Å². The molecule has 9 nitrogen and oxygen atoms in total. The summed E-state index contributed by atoms with van der Waals surface area (Å²) in [6.45, 7) is 7.01. The normalized spacial score (nSPS) is 14.0. The summed E-state index contributed by atoms with van der Waals surface area (Å²) >= 11 is 0. The molecule has 0 heterocycles. The molecule has 0 aliphatic carbocycles. The highest BCUT2D eigenvalue weighted by atomic mass is 31.2. The summed E-state index contributed by atoms with van der Waals surface area (Å²) in [6, 6.07) is -0.847. The van der Waals surface area contributed by atoms with Crippen LogP contribution in [0.5, 0.6) is 0 Å². The molecule has 0 saturated heterocycles. The second-order valence-electron chi connectivity index (χ2n) is 21.5. The van der Waals surface area contributed by atoms with Crippen molar-refractivity contribution in [2.75, 3.05) is 40.9 Å². The number of hydrogen-bond donors (Lipinski definition) is 2. The Morgan fingerprint density at radius 3 is 1.31 bits per heavy atom. The number of rotatable bonds is 54. The minimum absolute atomic E-state index is 0.0406. The van der Waals surface area contributed by atoms with Crippen LogP contribution >= 0.6 is 7.82 Å². The molecule has 70 heavy (non-hydrogen) atoms. The van der Waals surface area contributed by atoms with Crippen LogP contribution in [0.15, 0.2) is 36.5 Å². The van der Waals surface area contributed by atoms with Gasteiger partial charge in [0.25, 0.3) is 0 Å². The Bertz CT molecular complexity index is 1300. The van der Waals surface area contributed by atoms with E-state index in [0.717, 1.165) is 77.0 Å². The summed E-state index contributed by atoms with van der Waals surface area (Å²) < 4.78 is 30.7. The van der Waals surface area contributed by atoms with Crippen molar-refractivity contribution >= 4 is 19.7 Å². The third kappa shape index (κ3) is 51.1. The van der Waals surface area contributed by atoms with Crippen molar-refractivity contribution < 1.29 is 37.3 Å². The van der Waals surface area contributed by atoms with Crippen LogP contribution in [-0.2, 0) is 27.9 Å². The lowest BCUT2D eigenvalue weighted by Gasteiger charge is -2.27. The smallest absolute Gasteiger partial charge is 0.456 e. The van der Waals surface area contributed by atoms with Crippen molar-refractivity contribution in [1.29, 1.82) is 0 Å². The second kappa shape index (κ2) is 50.7. The summed E-state index contributed by atoms with van der Waals surface area (Å²) in [6.07, 6.45) is 59.8. The fourth-order valence-corrected chi connectivity index (χ4v) is 9.41. The number of amides is 1. The zero-order chi connectivity index (χ0) is 51.5. The molecule has 10 heteroatoms. The zero-order valence-corrected chi connectivity index (χ0v) is 47.9. The molecule has 1 amide bonds. The average molecular weight is 1010 g/mol. The van der Waals surface area contributed by atoms with Gasteiger partial charge in [-0.1, -0.05) is 244 Å². The standard InChI is InChI=1S/C60H115N2O7P/c1-7-10-13-16-19-22-25-28-30-31-32-34-37-40-43-46-49-52-59(63)61-57(56-68-70(65,66)67-55-54-62(4,5)6)58(51-48-45-42-39-36-33-27-24-21-18-15-12-9-3)69-60(64)53-50-47-44-41-38-35-29-26-23-20-17-14-11-8-2/h19,22,28,30,48,51,57-58H,7-18,20-21,23-27,29,31-47,49-50,52-56H2,1-6H3,(H-,61,63,65,66)/p+1/b22-19-,30-28-,51-48+. The Hall–Kier alpha value is -1.77. The van der Waals surface area contributed by atoms with Crippen LogP contribution in [0.25, 0.3) is 0 Å². The lowest BCUT2D eigenvalue weighted by Crippen LogP contribution is -2.47. The quantitative estimate of drug-likeness (QED) is 0.0205. The first-order valence-corrected chi connectivity index (χ1v) is 31.3. The molecular weight excluding hydrogens is 892 g/mol. The maximum Gasteiger partial charge on any atom is 0.472 e. The van der Waals surface area contributed by atoms with E-state index in [1.54, 1.807) is 0 Å². The number of unbranched alkanes of at least 4 members (excludes halogenated alkanes) is 34. The first kappa shape index (κ1) is 68.2. The van der Waals surface area contributed by atoms with E-state index in [1.807, 2.05) is 33.3 Å². The van der Waals surface area contributed by atoms with Crippen LogP contribution in [0.1, 0.15) is 284 Å². The SMILES string of the molecule is CCCCC/C=C\C/C=C\CCCCCCCCCC(=O)NC(COP(=O)(O)OCC[N+](C)(C)C)C(/C=C/CCCCCCCCCCCCC)OC(=O)CCCCCCCCCCCCCCCC. The van der Waals surface area contributed by atoms with Gasteiger partial charge >= 0.3 is 13.8 Å². The van der Waals surface area contributed by atoms with Gasteiger partial charge in [0, 0.05) is 12.8 Å². The molecular formula is C60H116N2O7P+. The van der Waals surface area contributed by atoms with Gasteiger partial charge in [0.1, 0.15) is 19.3 Å². The number of allylic oxidation sites excluding steroid dienone is 5. The number of nitrogens with zero attached hydrogens (tertiary/aromatic N) is 1. The Kier molecular flexibility index (Phi) is 49.5. The molecule has 3 unspecified atom stereocenters. The molecule has 412 valence electrons. The van der Waals surface area contributed by atoms with Crippen LogP contribution in [-0.4, -0.2) is 74.3 Å². The van der Waals surface area contributed by atoms with Gasteiger partial charge in [0.15, 0.2) is 0 Å². The summed E-state index contributed by atoms with van der Waals surface area (Å²) in [4.78, 5) is 37.6. The third-order valence-corrected chi connectivity index (χ3v) is 14.3. The minimum atomic E-state index is -4.44. The predicted octanol–water partition coefficient (Wildman–Crippen LogP) is 17.9. The summed E-state index contributed by atoms with van der Waals surface area (Å²) in [5, 5.41) is 3.05. The van der Waals surface area contributed by atoms with E-state index in [2.05, 4.69) is 50.4 Å². The van der Waals surface area contributed by atoms with E-state index >= 15 is 0 Å². The first-order valence-electron chi connectivity index (χ1n) is 29.8. The molecule has 2 N–H and O–H groups in total. The van der Waals surface area contributed by atoms with Gasteiger partial charge < -0.3 is 19.4 Å². The molecule has 0 aromatic rings. The van der Waals surface area contributed by atoms with Crippen LogP contribution < -0.4 is 5.32 Å². The van der Waals surface area contributed by atoms with Crippen LogP contribution in [0.4, 0.5) is 0 Å². The van der Waals surface area contributed by atoms with E-state index in [4.69, 9.17) is 13.8 Å². The lowest BCUT2D eigenvalue weighted by atomic mass is 10.0. The lowest BCUT2D eigenvalue weighted by molar-refractivity contribution is -0.870. The topological polar surface area (TPSA) is 111 Å². The molecule has 0 aliphatic heterocycles. The van der Waals surface area contributed by atoms with Gasteiger partial charge in [-0.25, -0.2) is 4.57 Å². The maximum atomic E-state index is 13.5. The number of carbonyl (C=O) groups is 2. The number of esters is 1. The van der Waals surface area contributed by atoms with Crippen molar-refractivity contribution in [3.8, 4) is 0 Å². The highest BCUT2D eigenvalue weighted by Gasteiger charge is 2.30.